The summed E-state index contributed by atoms with van der Waals surface area (Å²) in [6.45, 7) is 1.85. The van der Waals surface area contributed by atoms with E-state index in [0.717, 1.165) is 5.33 Å². The molecule has 0 radical (unpaired) electrons. The highest BCUT2D eigenvalue weighted by molar-refractivity contribution is 9.09. The number of rotatable bonds is 6. The maximum Gasteiger partial charge on any atom is 0.308 e. The van der Waals surface area contributed by atoms with Crippen LogP contribution in [0.5, 0.6) is 0 Å². The van der Waals surface area contributed by atoms with E-state index >= 15 is 0 Å². The van der Waals surface area contributed by atoms with Gasteiger partial charge in [-0.2, -0.15) is 0 Å². The Morgan fingerprint density at radius 1 is 1.67 bits per heavy atom. The largest absolute Gasteiger partial charge is 0.431 e. The van der Waals surface area contributed by atoms with Crippen molar-refractivity contribution in [3.8, 4) is 0 Å². The monoisotopic (exact) mass is 240 g/mol. The van der Waals surface area contributed by atoms with Crippen LogP contribution in [-0.2, 0) is 9.53 Å². The van der Waals surface area contributed by atoms with E-state index in [9.17, 15) is 9.18 Å². The van der Waals surface area contributed by atoms with Crippen LogP contribution in [0.4, 0.5) is 4.39 Å². The Bertz CT molecular complexity index is 130. The Balaban J connectivity index is 3.40. The van der Waals surface area contributed by atoms with E-state index in [0.29, 0.717) is 19.3 Å². The molecule has 0 aliphatic rings. The second kappa shape index (κ2) is 7.53. The van der Waals surface area contributed by atoms with Crippen LogP contribution in [0.1, 0.15) is 32.6 Å². The highest BCUT2D eigenvalue weighted by Crippen LogP contribution is 2.06. The van der Waals surface area contributed by atoms with Crippen LogP contribution in [0.25, 0.3) is 0 Å². The van der Waals surface area contributed by atoms with Gasteiger partial charge < -0.3 is 4.74 Å². The van der Waals surface area contributed by atoms with Gasteiger partial charge in [0.05, 0.1) is 0 Å². The van der Waals surface area contributed by atoms with Crippen molar-refractivity contribution < 1.29 is 13.9 Å². The Hall–Kier alpha value is -0.120. The summed E-state index contributed by atoms with van der Waals surface area (Å²) in [5.41, 5.74) is 0. The maximum atomic E-state index is 12.6. The zero-order valence-electron chi connectivity index (χ0n) is 7.19. The molecule has 2 nitrogen and oxygen atoms in total. The SMILES string of the molecule is CCCC(F)OC(=O)CCCBr. The number of carbonyl (C=O) groups is 1. The number of hydrogen-bond donors (Lipinski definition) is 0. The summed E-state index contributed by atoms with van der Waals surface area (Å²) in [6.07, 6.45) is 0.540. The smallest absolute Gasteiger partial charge is 0.308 e. The van der Waals surface area contributed by atoms with Gasteiger partial charge in [0, 0.05) is 18.2 Å². The van der Waals surface area contributed by atoms with Gasteiger partial charge in [-0.25, -0.2) is 4.39 Å². The number of alkyl halides is 2. The summed E-state index contributed by atoms with van der Waals surface area (Å²) < 4.78 is 17.1. The first kappa shape index (κ1) is 11.9. The summed E-state index contributed by atoms with van der Waals surface area (Å²) in [5, 5.41) is 0.743. The molecule has 0 fully saturated rings. The van der Waals surface area contributed by atoms with Crippen molar-refractivity contribution in [1.29, 1.82) is 0 Å². The molecule has 72 valence electrons. The van der Waals surface area contributed by atoms with E-state index in [1.165, 1.54) is 0 Å². The molecular formula is C8H14BrFO2. The fourth-order valence-electron chi connectivity index (χ4n) is 0.699. The van der Waals surface area contributed by atoms with Crippen LogP contribution in [0.2, 0.25) is 0 Å². The van der Waals surface area contributed by atoms with E-state index < -0.39 is 12.3 Å². The van der Waals surface area contributed by atoms with E-state index in [-0.39, 0.29) is 6.42 Å². The second-order valence-electron chi connectivity index (χ2n) is 2.48. The van der Waals surface area contributed by atoms with Crippen LogP contribution in [0.3, 0.4) is 0 Å². The Morgan fingerprint density at radius 3 is 2.83 bits per heavy atom. The van der Waals surface area contributed by atoms with Crippen LogP contribution >= 0.6 is 15.9 Å². The average molecular weight is 241 g/mol. The molecule has 1 unspecified atom stereocenters. The van der Waals surface area contributed by atoms with E-state index in [4.69, 9.17) is 0 Å². The van der Waals surface area contributed by atoms with E-state index in [1.54, 1.807) is 0 Å². The number of carbonyl (C=O) groups excluding carboxylic acids is 1. The minimum absolute atomic E-state index is 0.287. The molecule has 1 atom stereocenters. The third-order valence-corrected chi connectivity index (χ3v) is 1.85. The van der Waals surface area contributed by atoms with Crippen LogP contribution in [-0.4, -0.2) is 17.7 Å². The molecule has 0 amide bonds. The molecule has 0 aromatic rings. The predicted octanol–water partition coefficient (Wildman–Crippen LogP) is 2.80. The molecule has 0 aromatic heterocycles. The Labute approximate surface area is 80.6 Å². The summed E-state index contributed by atoms with van der Waals surface area (Å²) >= 11 is 3.17. The summed E-state index contributed by atoms with van der Waals surface area (Å²) in [7, 11) is 0. The third-order valence-electron chi connectivity index (χ3n) is 1.29. The van der Waals surface area contributed by atoms with Crippen molar-refractivity contribution in [2.45, 2.75) is 39.0 Å². The van der Waals surface area contributed by atoms with Crippen molar-refractivity contribution in [1.82, 2.24) is 0 Å². The number of ether oxygens (including phenoxy) is 1. The van der Waals surface area contributed by atoms with Crippen molar-refractivity contribution in [3.63, 3.8) is 0 Å². The first-order chi connectivity index (χ1) is 5.70. The molecule has 0 N–H and O–H groups in total. The lowest BCUT2D eigenvalue weighted by molar-refractivity contribution is -0.158. The molecule has 12 heavy (non-hydrogen) atoms. The lowest BCUT2D eigenvalue weighted by atomic mass is 10.3. The summed E-state index contributed by atoms with van der Waals surface area (Å²) in [6, 6.07) is 0. The minimum Gasteiger partial charge on any atom is -0.431 e. The quantitative estimate of drug-likeness (QED) is 0.528. The molecule has 0 aliphatic heterocycles. The fourth-order valence-corrected chi connectivity index (χ4v) is 0.979. The van der Waals surface area contributed by atoms with Crippen molar-refractivity contribution in [3.05, 3.63) is 0 Å². The van der Waals surface area contributed by atoms with Crippen molar-refractivity contribution in [2.75, 3.05) is 5.33 Å². The van der Waals surface area contributed by atoms with E-state index in [2.05, 4.69) is 20.7 Å². The van der Waals surface area contributed by atoms with Gasteiger partial charge in [-0.05, 0) is 12.8 Å². The molecule has 0 rings (SSSR count). The highest BCUT2D eigenvalue weighted by atomic mass is 79.9. The van der Waals surface area contributed by atoms with Crippen LogP contribution in [0, 0.1) is 0 Å². The maximum absolute atomic E-state index is 12.6. The summed E-state index contributed by atoms with van der Waals surface area (Å²) in [5.74, 6) is -0.449. The lowest BCUT2D eigenvalue weighted by Crippen LogP contribution is -2.13. The molecule has 0 aliphatic carbocycles. The number of esters is 1. The van der Waals surface area contributed by atoms with Gasteiger partial charge in [0.15, 0.2) is 0 Å². The molecule has 0 spiro atoms. The fraction of sp³-hybridized carbons (Fsp3) is 0.875. The first-order valence-electron chi connectivity index (χ1n) is 4.10. The van der Waals surface area contributed by atoms with Gasteiger partial charge in [-0.3, -0.25) is 4.79 Å². The molecular weight excluding hydrogens is 227 g/mol. The normalized spacial score (nSPS) is 12.6. The zero-order chi connectivity index (χ0) is 9.40. The van der Waals surface area contributed by atoms with Crippen molar-refractivity contribution >= 4 is 21.9 Å². The van der Waals surface area contributed by atoms with Gasteiger partial charge in [0.2, 0.25) is 6.36 Å². The Kier molecular flexibility index (Phi) is 7.45. The highest BCUT2D eigenvalue weighted by Gasteiger charge is 2.10. The third kappa shape index (κ3) is 6.58. The molecule has 4 heteroatoms. The molecule has 0 saturated heterocycles. The number of halogens is 2. The molecule has 0 heterocycles. The zero-order valence-corrected chi connectivity index (χ0v) is 8.77. The van der Waals surface area contributed by atoms with Gasteiger partial charge in [0.1, 0.15) is 0 Å². The van der Waals surface area contributed by atoms with Crippen LogP contribution < -0.4 is 0 Å². The van der Waals surface area contributed by atoms with Crippen molar-refractivity contribution in [2.24, 2.45) is 0 Å². The Morgan fingerprint density at radius 2 is 2.33 bits per heavy atom. The molecule has 0 saturated carbocycles. The lowest BCUT2D eigenvalue weighted by Gasteiger charge is -2.07. The first-order valence-corrected chi connectivity index (χ1v) is 5.22. The molecule has 0 bridgehead atoms. The minimum atomic E-state index is -1.42. The average Bonchev–Trinajstić information content (AvgIpc) is 2.01. The van der Waals surface area contributed by atoms with Gasteiger partial charge in [0.25, 0.3) is 0 Å². The van der Waals surface area contributed by atoms with Crippen LogP contribution in [0.15, 0.2) is 0 Å². The number of hydrogen-bond acceptors (Lipinski definition) is 2. The van der Waals surface area contributed by atoms with Gasteiger partial charge >= 0.3 is 5.97 Å². The van der Waals surface area contributed by atoms with E-state index in [1.807, 2.05) is 6.92 Å². The predicted molar refractivity (Wildman–Crippen MR) is 48.9 cm³/mol. The summed E-state index contributed by atoms with van der Waals surface area (Å²) in [4.78, 5) is 10.8. The standard InChI is InChI=1S/C8H14BrFO2/c1-2-4-7(10)12-8(11)5-3-6-9/h7H,2-6H2,1H3. The topological polar surface area (TPSA) is 26.3 Å². The van der Waals surface area contributed by atoms with Gasteiger partial charge in [-0.1, -0.05) is 22.9 Å². The van der Waals surface area contributed by atoms with Gasteiger partial charge in [-0.15, -0.1) is 0 Å². The molecule has 0 aromatic carbocycles. The second-order valence-corrected chi connectivity index (χ2v) is 3.27.